The maximum Gasteiger partial charge on any atom is 0.0785 e. The minimum atomic E-state index is -0.336. The van der Waals surface area contributed by atoms with E-state index in [1.165, 1.54) is 17.9 Å². The van der Waals surface area contributed by atoms with Gasteiger partial charge < -0.3 is 15.2 Å². The molecule has 0 spiro atoms. The topological polar surface area (TPSA) is 41.5 Å². The summed E-state index contributed by atoms with van der Waals surface area (Å²) in [6.45, 7) is 5.97. The molecule has 16 heavy (non-hydrogen) atoms. The summed E-state index contributed by atoms with van der Waals surface area (Å²) in [6, 6.07) is 0.570. The highest BCUT2D eigenvalue weighted by Crippen LogP contribution is 2.33. The van der Waals surface area contributed by atoms with Crippen molar-refractivity contribution in [1.82, 2.24) is 5.32 Å². The van der Waals surface area contributed by atoms with E-state index in [-0.39, 0.29) is 6.10 Å². The first-order valence-electron chi connectivity index (χ1n) is 6.04. The summed E-state index contributed by atoms with van der Waals surface area (Å²) in [7, 11) is 1.62. The molecule has 0 aliphatic carbocycles. The summed E-state index contributed by atoms with van der Waals surface area (Å²) >= 11 is 2.02. The van der Waals surface area contributed by atoms with Crippen molar-refractivity contribution in [3.05, 3.63) is 0 Å². The molecule has 1 rings (SSSR count). The second-order valence-electron chi connectivity index (χ2n) is 5.22. The average Bonchev–Trinajstić information content (AvgIpc) is 2.21. The first-order chi connectivity index (χ1) is 7.56. The zero-order chi connectivity index (χ0) is 12.0. The van der Waals surface area contributed by atoms with Gasteiger partial charge in [0.2, 0.25) is 0 Å². The smallest absolute Gasteiger partial charge is 0.0785 e. The summed E-state index contributed by atoms with van der Waals surface area (Å²) < 4.78 is 4.91. The minimum Gasteiger partial charge on any atom is -0.391 e. The van der Waals surface area contributed by atoms with Gasteiger partial charge in [0, 0.05) is 18.9 Å². The van der Waals surface area contributed by atoms with Gasteiger partial charge in [0.1, 0.15) is 0 Å². The molecule has 1 aliphatic heterocycles. The van der Waals surface area contributed by atoms with Crippen molar-refractivity contribution in [2.75, 3.05) is 31.8 Å². The Labute approximate surface area is 103 Å². The molecule has 1 heterocycles. The second-order valence-corrected chi connectivity index (χ2v) is 6.37. The Balaban J connectivity index is 2.20. The predicted octanol–water partition coefficient (Wildman–Crippen LogP) is 1.51. The van der Waals surface area contributed by atoms with Crippen LogP contribution < -0.4 is 5.32 Å². The molecule has 1 aliphatic rings. The maximum absolute atomic E-state index is 9.54. The van der Waals surface area contributed by atoms with Crippen molar-refractivity contribution in [2.24, 2.45) is 5.41 Å². The van der Waals surface area contributed by atoms with E-state index in [0.29, 0.717) is 18.1 Å². The third kappa shape index (κ3) is 4.62. The van der Waals surface area contributed by atoms with E-state index in [9.17, 15) is 5.11 Å². The predicted molar refractivity (Wildman–Crippen MR) is 70.0 cm³/mol. The zero-order valence-electron chi connectivity index (χ0n) is 10.7. The number of rotatable bonds is 6. The number of methoxy groups -OCH3 is 1. The van der Waals surface area contributed by atoms with Crippen molar-refractivity contribution >= 4 is 11.8 Å². The number of nitrogens with one attached hydrogen (secondary N) is 1. The molecule has 0 aromatic heterocycles. The van der Waals surface area contributed by atoms with E-state index in [1.807, 2.05) is 11.8 Å². The molecule has 2 N–H and O–H groups in total. The van der Waals surface area contributed by atoms with Crippen LogP contribution in [0.25, 0.3) is 0 Å². The van der Waals surface area contributed by atoms with E-state index in [4.69, 9.17) is 4.74 Å². The van der Waals surface area contributed by atoms with Gasteiger partial charge in [-0.25, -0.2) is 0 Å². The van der Waals surface area contributed by atoms with Crippen LogP contribution in [-0.4, -0.2) is 49.0 Å². The average molecular weight is 247 g/mol. The van der Waals surface area contributed by atoms with Crippen LogP contribution in [0.15, 0.2) is 0 Å². The van der Waals surface area contributed by atoms with Gasteiger partial charge in [-0.15, -0.1) is 0 Å². The van der Waals surface area contributed by atoms with Crippen LogP contribution in [0.5, 0.6) is 0 Å². The number of thioether (sulfide) groups is 1. The Bertz CT molecular complexity index is 199. The van der Waals surface area contributed by atoms with Gasteiger partial charge >= 0.3 is 0 Å². The van der Waals surface area contributed by atoms with Gasteiger partial charge in [0.15, 0.2) is 0 Å². The quantitative estimate of drug-likeness (QED) is 0.746. The third-order valence-corrected chi connectivity index (χ3v) is 4.41. The summed E-state index contributed by atoms with van der Waals surface area (Å²) in [5.41, 5.74) is 0.386. The van der Waals surface area contributed by atoms with Crippen molar-refractivity contribution in [3.8, 4) is 0 Å². The molecule has 96 valence electrons. The fourth-order valence-corrected chi connectivity index (χ4v) is 3.61. The van der Waals surface area contributed by atoms with E-state index in [1.54, 1.807) is 7.11 Å². The summed E-state index contributed by atoms with van der Waals surface area (Å²) in [5, 5.41) is 13.1. The van der Waals surface area contributed by atoms with Gasteiger partial charge in [-0.2, -0.15) is 11.8 Å². The molecule has 0 saturated carbocycles. The maximum atomic E-state index is 9.54. The Morgan fingerprint density at radius 2 is 2.31 bits per heavy atom. The lowest BCUT2D eigenvalue weighted by molar-refractivity contribution is 0.0580. The number of hydrogen-bond acceptors (Lipinski definition) is 4. The molecule has 0 amide bonds. The Morgan fingerprint density at radius 1 is 1.56 bits per heavy atom. The second kappa shape index (κ2) is 6.84. The highest BCUT2D eigenvalue weighted by molar-refractivity contribution is 7.99. The largest absolute Gasteiger partial charge is 0.391 e. The molecule has 0 radical (unpaired) electrons. The monoisotopic (exact) mass is 247 g/mol. The zero-order valence-corrected chi connectivity index (χ0v) is 11.5. The Morgan fingerprint density at radius 3 is 2.94 bits per heavy atom. The van der Waals surface area contributed by atoms with E-state index in [0.717, 1.165) is 13.0 Å². The standard InChI is InChI=1S/C12H25NO2S/c1-12(2)5-7-16-9-11(12)13-6-4-10(14)8-15-3/h10-11,13-14H,4-9H2,1-3H3. The molecular weight excluding hydrogens is 222 g/mol. The highest BCUT2D eigenvalue weighted by Gasteiger charge is 2.31. The first-order valence-corrected chi connectivity index (χ1v) is 7.20. The van der Waals surface area contributed by atoms with Gasteiger partial charge in [-0.3, -0.25) is 0 Å². The van der Waals surface area contributed by atoms with Crippen molar-refractivity contribution in [2.45, 2.75) is 38.8 Å². The number of hydrogen-bond donors (Lipinski definition) is 2. The summed E-state index contributed by atoms with van der Waals surface area (Å²) in [4.78, 5) is 0. The van der Waals surface area contributed by atoms with Crippen LogP contribution in [-0.2, 0) is 4.74 Å². The van der Waals surface area contributed by atoms with E-state index >= 15 is 0 Å². The molecule has 0 bridgehead atoms. The van der Waals surface area contributed by atoms with Crippen LogP contribution in [0.1, 0.15) is 26.7 Å². The van der Waals surface area contributed by atoms with Crippen LogP contribution in [0, 0.1) is 5.41 Å². The Hall–Kier alpha value is 0.230. The SMILES string of the molecule is COCC(O)CCNC1CSCCC1(C)C. The fraction of sp³-hybridized carbons (Fsp3) is 1.00. The molecule has 0 aromatic carbocycles. The third-order valence-electron chi connectivity index (χ3n) is 3.35. The van der Waals surface area contributed by atoms with Gasteiger partial charge in [0.05, 0.1) is 12.7 Å². The molecule has 0 aromatic rings. The highest BCUT2D eigenvalue weighted by atomic mass is 32.2. The fourth-order valence-electron chi connectivity index (χ4n) is 1.97. The van der Waals surface area contributed by atoms with Crippen LogP contribution in [0.4, 0.5) is 0 Å². The lowest BCUT2D eigenvalue weighted by Gasteiger charge is -2.39. The van der Waals surface area contributed by atoms with Crippen molar-refractivity contribution in [3.63, 3.8) is 0 Å². The number of ether oxygens (including phenoxy) is 1. The van der Waals surface area contributed by atoms with Crippen molar-refractivity contribution in [1.29, 1.82) is 0 Å². The normalized spacial score (nSPS) is 26.6. The van der Waals surface area contributed by atoms with Crippen LogP contribution in [0.2, 0.25) is 0 Å². The molecular formula is C12H25NO2S. The van der Waals surface area contributed by atoms with Gasteiger partial charge in [-0.05, 0) is 30.6 Å². The summed E-state index contributed by atoms with van der Waals surface area (Å²) in [6.07, 6.45) is 1.71. The van der Waals surface area contributed by atoms with Gasteiger partial charge in [-0.1, -0.05) is 13.8 Å². The Kier molecular flexibility index (Phi) is 6.11. The molecule has 2 unspecified atom stereocenters. The lowest BCUT2D eigenvalue weighted by atomic mass is 9.82. The molecule has 1 fully saturated rings. The molecule has 2 atom stereocenters. The molecule has 4 heteroatoms. The lowest BCUT2D eigenvalue weighted by Crippen LogP contribution is -2.47. The van der Waals surface area contributed by atoms with Crippen LogP contribution >= 0.6 is 11.8 Å². The summed E-state index contributed by atoms with van der Waals surface area (Å²) in [5.74, 6) is 2.46. The number of aliphatic hydroxyl groups is 1. The first kappa shape index (κ1) is 14.3. The van der Waals surface area contributed by atoms with E-state index < -0.39 is 0 Å². The molecule has 3 nitrogen and oxygen atoms in total. The number of aliphatic hydroxyl groups excluding tert-OH is 1. The van der Waals surface area contributed by atoms with Gasteiger partial charge in [0.25, 0.3) is 0 Å². The molecule has 1 saturated heterocycles. The minimum absolute atomic E-state index is 0.336. The van der Waals surface area contributed by atoms with Crippen molar-refractivity contribution < 1.29 is 9.84 Å². The van der Waals surface area contributed by atoms with Crippen LogP contribution in [0.3, 0.4) is 0 Å². The van der Waals surface area contributed by atoms with E-state index in [2.05, 4.69) is 19.2 Å².